The van der Waals surface area contributed by atoms with Crippen LogP contribution in [0.25, 0.3) is 11.3 Å². The number of para-hydroxylation sites is 1. The number of piperazine rings is 1. The van der Waals surface area contributed by atoms with E-state index in [1.165, 1.54) is 30.7 Å². The van der Waals surface area contributed by atoms with Crippen LogP contribution in [0, 0.1) is 0 Å². The molecule has 0 amide bonds. The van der Waals surface area contributed by atoms with Gasteiger partial charge in [-0.2, -0.15) is 4.31 Å². The first-order valence-corrected chi connectivity index (χ1v) is 11.9. The van der Waals surface area contributed by atoms with Crippen LogP contribution in [-0.2, 0) is 10.0 Å². The molecule has 0 saturated carbocycles. The molecule has 0 spiro atoms. The van der Waals surface area contributed by atoms with Crippen molar-refractivity contribution in [3.8, 4) is 28.5 Å². The summed E-state index contributed by atoms with van der Waals surface area (Å²) in [4.78, 5) is 2.20. The van der Waals surface area contributed by atoms with E-state index in [1.807, 2.05) is 41.3 Å². The predicted octanol–water partition coefficient (Wildman–Crippen LogP) is 2.68. The molecule has 1 fully saturated rings. The van der Waals surface area contributed by atoms with Crippen LogP contribution in [0.2, 0.25) is 0 Å². The van der Waals surface area contributed by atoms with E-state index in [4.69, 9.17) is 14.2 Å². The van der Waals surface area contributed by atoms with Crippen molar-refractivity contribution in [2.24, 2.45) is 0 Å². The van der Waals surface area contributed by atoms with Gasteiger partial charge in [-0.15, -0.1) is 10.2 Å². The van der Waals surface area contributed by atoms with Gasteiger partial charge in [-0.3, -0.25) is 0 Å². The van der Waals surface area contributed by atoms with Gasteiger partial charge in [0.05, 0.1) is 31.9 Å². The number of hydrogen-bond donors (Lipinski definition) is 0. The highest BCUT2D eigenvalue weighted by Crippen LogP contribution is 2.31. The summed E-state index contributed by atoms with van der Waals surface area (Å²) < 4.78 is 43.6. The molecule has 3 aromatic rings. The van der Waals surface area contributed by atoms with Gasteiger partial charge in [0.15, 0.2) is 17.3 Å². The van der Waals surface area contributed by atoms with E-state index in [9.17, 15) is 8.42 Å². The zero-order chi connectivity index (χ0) is 23.4. The quantitative estimate of drug-likeness (QED) is 0.520. The zero-order valence-corrected chi connectivity index (χ0v) is 19.6. The maximum Gasteiger partial charge on any atom is 0.243 e. The van der Waals surface area contributed by atoms with E-state index in [1.54, 1.807) is 13.2 Å². The molecule has 0 aliphatic carbocycles. The number of nitrogens with zero attached hydrogens (tertiary/aromatic N) is 4. The van der Waals surface area contributed by atoms with Gasteiger partial charge < -0.3 is 19.1 Å². The lowest BCUT2D eigenvalue weighted by Gasteiger charge is -2.34. The highest BCUT2D eigenvalue weighted by atomic mass is 32.2. The van der Waals surface area contributed by atoms with Crippen molar-refractivity contribution in [2.45, 2.75) is 4.90 Å². The average Bonchev–Trinajstić information content (AvgIpc) is 2.88. The molecule has 1 aliphatic heterocycles. The number of benzene rings is 2. The lowest BCUT2D eigenvalue weighted by Crippen LogP contribution is -2.49. The molecule has 1 aliphatic rings. The predicted molar refractivity (Wildman–Crippen MR) is 125 cm³/mol. The first kappa shape index (κ1) is 22.8. The van der Waals surface area contributed by atoms with Crippen molar-refractivity contribution in [2.75, 3.05) is 52.4 Å². The average molecular weight is 471 g/mol. The van der Waals surface area contributed by atoms with Gasteiger partial charge in [-0.05, 0) is 36.4 Å². The number of sulfonamides is 1. The number of anilines is 1. The van der Waals surface area contributed by atoms with Crippen molar-refractivity contribution in [3.63, 3.8) is 0 Å². The fourth-order valence-corrected chi connectivity index (χ4v) is 5.22. The Balaban J connectivity index is 1.45. The minimum atomic E-state index is -3.65. The molecule has 1 aromatic heterocycles. The summed E-state index contributed by atoms with van der Waals surface area (Å²) in [6, 6.07) is 16.0. The lowest BCUT2D eigenvalue weighted by atomic mass is 10.1. The van der Waals surface area contributed by atoms with Crippen LogP contribution in [0.5, 0.6) is 17.2 Å². The summed E-state index contributed by atoms with van der Waals surface area (Å²) in [6.07, 6.45) is 0. The van der Waals surface area contributed by atoms with Crippen molar-refractivity contribution >= 4 is 15.8 Å². The van der Waals surface area contributed by atoms with Gasteiger partial charge in [0.1, 0.15) is 5.75 Å². The fraction of sp³-hybridized carbons (Fsp3) is 0.304. The van der Waals surface area contributed by atoms with Crippen molar-refractivity contribution in [1.29, 1.82) is 0 Å². The van der Waals surface area contributed by atoms with E-state index in [2.05, 4.69) is 10.2 Å². The molecule has 2 aromatic carbocycles. The van der Waals surface area contributed by atoms with Crippen LogP contribution >= 0.6 is 0 Å². The van der Waals surface area contributed by atoms with Crippen molar-refractivity contribution in [1.82, 2.24) is 14.5 Å². The summed E-state index contributed by atoms with van der Waals surface area (Å²) in [7, 11) is 0.957. The maximum atomic E-state index is 13.1. The number of hydrogen-bond acceptors (Lipinski definition) is 8. The molecule has 174 valence electrons. The van der Waals surface area contributed by atoms with Gasteiger partial charge in [0, 0.05) is 37.8 Å². The topological polar surface area (TPSA) is 94.1 Å². The molecule has 0 bridgehead atoms. The largest absolute Gasteiger partial charge is 0.496 e. The number of ether oxygens (including phenoxy) is 3. The Morgan fingerprint density at radius 1 is 0.758 bits per heavy atom. The summed E-state index contributed by atoms with van der Waals surface area (Å²) in [5.41, 5.74) is 1.58. The molecular weight excluding hydrogens is 444 g/mol. The van der Waals surface area contributed by atoms with Gasteiger partial charge in [-0.1, -0.05) is 12.1 Å². The van der Waals surface area contributed by atoms with Crippen molar-refractivity contribution in [3.05, 3.63) is 54.6 Å². The number of aromatic nitrogens is 2. The monoisotopic (exact) mass is 470 g/mol. The van der Waals surface area contributed by atoms with Crippen LogP contribution in [0.3, 0.4) is 0 Å². The van der Waals surface area contributed by atoms with Crippen LogP contribution in [0.1, 0.15) is 0 Å². The van der Waals surface area contributed by atoms with Gasteiger partial charge in [0.25, 0.3) is 0 Å². The summed E-state index contributed by atoms with van der Waals surface area (Å²) in [5, 5.41) is 8.72. The van der Waals surface area contributed by atoms with Gasteiger partial charge in [0.2, 0.25) is 10.0 Å². The molecule has 1 saturated heterocycles. The van der Waals surface area contributed by atoms with E-state index in [0.29, 0.717) is 49.2 Å². The number of rotatable bonds is 7. The van der Waals surface area contributed by atoms with Crippen LogP contribution < -0.4 is 19.1 Å². The Bertz CT molecular complexity index is 1210. The highest BCUT2D eigenvalue weighted by Gasteiger charge is 2.30. The first-order valence-electron chi connectivity index (χ1n) is 10.4. The molecule has 33 heavy (non-hydrogen) atoms. The van der Waals surface area contributed by atoms with Crippen LogP contribution in [-0.4, -0.2) is 70.4 Å². The highest BCUT2D eigenvalue weighted by molar-refractivity contribution is 7.89. The molecule has 4 rings (SSSR count). The first-order chi connectivity index (χ1) is 16.0. The molecule has 9 nitrogen and oxygen atoms in total. The molecule has 0 radical (unpaired) electrons. The summed E-state index contributed by atoms with van der Waals surface area (Å²) in [6.45, 7) is 1.70. The van der Waals surface area contributed by atoms with E-state index < -0.39 is 10.0 Å². The van der Waals surface area contributed by atoms with E-state index in [-0.39, 0.29) is 4.90 Å². The van der Waals surface area contributed by atoms with Gasteiger partial charge in [-0.25, -0.2) is 8.42 Å². The number of methoxy groups -OCH3 is 3. The third-order valence-corrected chi connectivity index (χ3v) is 7.48. The van der Waals surface area contributed by atoms with E-state index in [0.717, 1.165) is 11.3 Å². The van der Waals surface area contributed by atoms with Gasteiger partial charge >= 0.3 is 0 Å². The Kier molecular flexibility index (Phi) is 6.66. The molecule has 2 heterocycles. The Labute approximate surface area is 193 Å². The third kappa shape index (κ3) is 4.57. The van der Waals surface area contributed by atoms with Crippen LogP contribution in [0.4, 0.5) is 5.82 Å². The minimum Gasteiger partial charge on any atom is -0.496 e. The molecule has 0 atom stereocenters. The SMILES string of the molecule is COc1ccc(S(=O)(=O)N2CCN(c3ccc(-c4ccccc4OC)nn3)CC2)cc1OC. The van der Waals surface area contributed by atoms with Crippen LogP contribution in [0.15, 0.2) is 59.5 Å². The zero-order valence-electron chi connectivity index (χ0n) is 18.8. The summed E-state index contributed by atoms with van der Waals surface area (Å²) >= 11 is 0. The normalized spacial score (nSPS) is 14.7. The smallest absolute Gasteiger partial charge is 0.243 e. The molecule has 0 unspecified atom stereocenters. The maximum absolute atomic E-state index is 13.1. The second-order valence-electron chi connectivity index (χ2n) is 7.38. The second-order valence-corrected chi connectivity index (χ2v) is 9.32. The van der Waals surface area contributed by atoms with E-state index >= 15 is 0 Å². The standard InChI is InChI=1S/C23H26N4O5S/c1-30-20-7-5-4-6-18(20)19-9-11-23(25-24-19)26-12-14-27(15-13-26)33(28,29)17-8-10-21(31-2)22(16-17)32-3/h4-11,16H,12-15H2,1-3H3. The Hall–Kier alpha value is -3.37. The summed E-state index contributed by atoms with van der Waals surface area (Å²) in [5.74, 6) is 2.30. The molecule has 0 N–H and O–H groups in total. The molecule has 10 heteroatoms. The Morgan fingerprint density at radius 2 is 1.45 bits per heavy atom. The molecular formula is C23H26N4O5S. The fourth-order valence-electron chi connectivity index (χ4n) is 3.78. The second kappa shape index (κ2) is 9.63. The third-order valence-electron chi connectivity index (χ3n) is 5.59. The lowest BCUT2D eigenvalue weighted by molar-refractivity contribution is 0.353. The van der Waals surface area contributed by atoms with Crippen molar-refractivity contribution < 1.29 is 22.6 Å². The minimum absolute atomic E-state index is 0.176. The Morgan fingerprint density at radius 3 is 2.09 bits per heavy atom.